The molecule has 0 saturated heterocycles. The Kier molecular flexibility index (Phi) is 41.9. The lowest BCUT2D eigenvalue weighted by atomic mass is 10.0. The predicted molar refractivity (Wildman–Crippen MR) is 250 cm³/mol. The third kappa shape index (κ3) is 41.2. The molecule has 2 unspecified atom stereocenters. The fourth-order valence-corrected chi connectivity index (χ4v) is 7.66. The van der Waals surface area contributed by atoms with Crippen LogP contribution in [0.3, 0.4) is 0 Å². The normalized spacial score (nSPS) is 13.0. The van der Waals surface area contributed by atoms with Crippen molar-refractivity contribution in [3.8, 4) is 0 Å². The van der Waals surface area contributed by atoms with Crippen LogP contribution in [0.1, 0.15) is 239 Å². The maximum Gasteiger partial charge on any atom is 0.306 e. The maximum atomic E-state index is 12.8. The van der Waals surface area contributed by atoms with E-state index in [0.717, 1.165) is 32.1 Å². The Morgan fingerprint density at radius 3 is 1.35 bits per heavy atom. The SMILES string of the molecule is CCCCCCCC/C=C/C/C=C/CCC(=O)OCC(COCCC(C(=O)[O-])[N+](C)(C)C)OC(=O)CCCCCCCCCCCCCCCCCCCCCCCCC. The van der Waals surface area contributed by atoms with Crippen molar-refractivity contribution in [1.82, 2.24) is 0 Å². The molecule has 0 radical (unpaired) electrons. The highest BCUT2D eigenvalue weighted by molar-refractivity contribution is 5.70. The van der Waals surface area contributed by atoms with E-state index in [1.807, 2.05) is 6.08 Å². The number of carboxylic acid groups (broad SMARTS) is 1. The van der Waals surface area contributed by atoms with Crippen LogP contribution in [0.4, 0.5) is 0 Å². The van der Waals surface area contributed by atoms with Crippen LogP contribution < -0.4 is 5.11 Å². The van der Waals surface area contributed by atoms with Gasteiger partial charge in [-0.25, -0.2) is 0 Å². The topological polar surface area (TPSA) is 102 Å². The van der Waals surface area contributed by atoms with Crippen LogP contribution in [0, 0.1) is 0 Å². The van der Waals surface area contributed by atoms with Gasteiger partial charge in [0.15, 0.2) is 6.10 Å². The van der Waals surface area contributed by atoms with Crippen LogP contribution in [0.25, 0.3) is 0 Å². The van der Waals surface area contributed by atoms with Gasteiger partial charge in [0.1, 0.15) is 12.6 Å². The molecule has 0 fully saturated rings. The lowest BCUT2D eigenvalue weighted by Crippen LogP contribution is -2.55. The first-order chi connectivity index (χ1) is 29.1. The number of esters is 2. The summed E-state index contributed by atoms with van der Waals surface area (Å²) in [5.74, 6) is -1.80. The first-order valence-corrected chi connectivity index (χ1v) is 25.4. The van der Waals surface area contributed by atoms with E-state index in [4.69, 9.17) is 14.2 Å². The van der Waals surface area contributed by atoms with Crippen molar-refractivity contribution in [3.05, 3.63) is 24.3 Å². The summed E-state index contributed by atoms with van der Waals surface area (Å²) >= 11 is 0. The molecule has 0 aliphatic rings. The van der Waals surface area contributed by atoms with E-state index >= 15 is 0 Å². The number of unbranched alkanes of at least 4 members (excludes halogenated alkanes) is 28. The molecule has 0 bridgehead atoms. The van der Waals surface area contributed by atoms with Crippen molar-refractivity contribution in [2.75, 3.05) is 41.0 Å². The molecule has 0 N–H and O–H groups in total. The van der Waals surface area contributed by atoms with Crippen molar-refractivity contribution >= 4 is 17.9 Å². The molecule has 8 nitrogen and oxygen atoms in total. The minimum Gasteiger partial charge on any atom is -0.544 e. The molecule has 60 heavy (non-hydrogen) atoms. The molecule has 0 aromatic rings. The average Bonchev–Trinajstić information content (AvgIpc) is 3.21. The van der Waals surface area contributed by atoms with Crippen LogP contribution in [0.2, 0.25) is 0 Å². The Morgan fingerprint density at radius 1 is 0.500 bits per heavy atom. The number of likely N-dealkylation sites (N-methyl/N-ethyl adjacent to an activating group) is 1. The van der Waals surface area contributed by atoms with E-state index in [0.29, 0.717) is 12.8 Å². The second kappa shape index (κ2) is 43.5. The van der Waals surface area contributed by atoms with Crippen molar-refractivity contribution in [2.45, 2.75) is 251 Å². The Labute approximate surface area is 371 Å². The summed E-state index contributed by atoms with van der Waals surface area (Å²) in [7, 11) is 5.41. The number of nitrogens with zero attached hydrogens (tertiary/aromatic N) is 1. The highest BCUT2D eigenvalue weighted by Crippen LogP contribution is 2.16. The summed E-state index contributed by atoms with van der Waals surface area (Å²) in [4.78, 5) is 36.9. The number of allylic oxidation sites excluding steroid dienone is 4. The second-order valence-electron chi connectivity index (χ2n) is 18.4. The predicted octanol–water partition coefficient (Wildman–Crippen LogP) is 13.1. The van der Waals surface area contributed by atoms with Gasteiger partial charge in [-0.1, -0.05) is 212 Å². The highest BCUT2D eigenvalue weighted by atomic mass is 16.6. The number of hydrogen-bond acceptors (Lipinski definition) is 7. The molecule has 0 aromatic carbocycles. The number of hydrogen-bond donors (Lipinski definition) is 0. The van der Waals surface area contributed by atoms with Crippen molar-refractivity contribution in [3.63, 3.8) is 0 Å². The number of rotatable bonds is 46. The van der Waals surface area contributed by atoms with Gasteiger partial charge in [-0.2, -0.15) is 0 Å². The molecular weight excluding hydrogens is 751 g/mol. The molecule has 0 rings (SSSR count). The summed E-state index contributed by atoms with van der Waals surface area (Å²) in [6.07, 6.45) is 49.5. The summed E-state index contributed by atoms with van der Waals surface area (Å²) in [6, 6.07) is -0.730. The lowest BCUT2D eigenvalue weighted by Gasteiger charge is -2.34. The number of carboxylic acids is 1. The molecule has 0 amide bonds. The first kappa shape index (κ1) is 57.8. The first-order valence-electron chi connectivity index (χ1n) is 25.4. The highest BCUT2D eigenvalue weighted by Gasteiger charge is 2.25. The van der Waals surface area contributed by atoms with E-state index in [-0.39, 0.29) is 49.1 Å². The summed E-state index contributed by atoms with van der Waals surface area (Å²) < 4.78 is 17.2. The van der Waals surface area contributed by atoms with E-state index in [9.17, 15) is 19.5 Å². The fourth-order valence-electron chi connectivity index (χ4n) is 7.66. The van der Waals surface area contributed by atoms with Crippen molar-refractivity contribution < 1.29 is 38.2 Å². The van der Waals surface area contributed by atoms with Crippen LogP contribution in [0.15, 0.2) is 24.3 Å². The third-order valence-electron chi connectivity index (χ3n) is 11.6. The molecular formula is C52H97NO7. The van der Waals surface area contributed by atoms with Crippen LogP contribution in [-0.2, 0) is 28.6 Å². The van der Waals surface area contributed by atoms with Gasteiger partial charge in [0.05, 0.1) is 40.3 Å². The van der Waals surface area contributed by atoms with Gasteiger partial charge in [-0.3, -0.25) is 9.59 Å². The van der Waals surface area contributed by atoms with Crippen LogP contribution in [0.5, 0.6) is 0 Å². The van der Waals surface area contributed by atoms with Gasteiger partial charge in [0.2, 0.25) is 0 Å². The molecule has 352 valence electrons. The summed E-state index contributed by atoms with van der Waals surface area (Å²) in [5, 5.41) is 11.6. The number of carbonyl (C=O) groups excluding carboxylic acids is 3. The molecule has 0 aromatic heterocycles. The van der Waals surface area contributed by atoms with Crippen LogP contribution in [-0.4, -0.2) is 75.5 Å². The zero-order valence-corrected chi connectivity index (χ0v) is 40.1. The molecule has 0 heterocycles. The smallest absolute Gasteiger partial charge is 0.306 e. The fraction of sp³-hybridized carbons (Fsp3) is 0.865. The number of carbonyl (C=O) groups is 3. The maximum absolute atomic E-state index is 12.8. The molecule has 0 aliphatic heterocycles. The van der Waals surface area contributed by atoms with E-state index in [1.54, 1.807) is 21.1 Å². The second-order valence-corrected chi connectivity index (χ2v) is 18.4. The van der Waals surface area contributed by atoms with Gasteiger partial charge < -0.3 is 28.6 Å². The number of ether oxygens (including phenoxy) is 3. The minimum absolute atomic E-state index is 0.0281. The zero-order valence-electron chi connectivity index (χ0n) is 40.1. The molecule has 0 spiro atoms. The Balaban J connectivity index is 4.20. The monoisotopic (exact) mass is 848 g/mol. The molecule has 0 aliphatic carbocycles. The van der Waals surface area contributed by atoms with Crippen molar-refractivity contribution in [2.24, 2.45) is 0 Å². The van der Waals surface area contributed by atoms with E-state index in [2.05, 4.69) is 32.1 Å². The summed E-state index contributed by atoms with van der Waals surface area (Å²) in [5.41, 5.74) is 0. The minimum atomic E-state index is -1.13. The molecule has 2 atom stereocenters. The molecule has 8 heteroatoms. The van der Waals surface area contributed by atoms with Crippen LogP contribution >= 0.6 is 0 Å². The van der Waals surface area contributed by atoms with Gasteiger partial charge in [0.25, 0.3) is 0 Å². The third-order valence-corrected chi connectivity index (χ3v) is 11.6. The standard InChI is InChI=1S/C52H97NO7/c1-6-8-10-12-14-16-18-20-21-22-23-24-25-26-27-28-29-31-33-35-37-39-41-43-51(55)60-48(46-58-45-44-49(52(56)57)53(3,4)5)47-59-50(54)42-40-38-36-34-32-30-19-17-15-13-11-9-7-2/h30,32,36,38,48-49H,6-29,31,33-35,37,39-47H2,1-5H3/b32-30+,38-36+. The van der Waals surface area contributed by atoms with Gasteiger partial charge in [0, 0.05) is 19.3 Å². The van der Waals surface area contributed by atoms with Gasteiger partial charge >= 0.3 is 11.9 Å². The molecule has 0 saturated carbocycles. The van der Waals surface area contributed by atoms with Gasteiger partial charge in [-0.05, 0) is 32.1 Å². The summed E-state index contributed by atoms with van der Waals surface area (Å²) in [6.45, 7) is 4.63. The number of quaternary nitrogens is 1. The van der Waals surface area contributed by atoms with Crippen molar-refractivity contribution in [1.29, 1.82) is 0 Å². The zero-order chi connectivity index (χ0) is 44.2. The largest absolute Gasteiger partial charge is 0.544 e. The van der Waals surface area contributed by atoms with Gasteiger partial charge in [-0.15, -0.1) is 0 Å². The Morgan fingerprint density at radius 2 is 0.917 bits per heavy atom. The quantitative estimate of drug-likeness (QED) is 0.0260. The lowest BCUT2D eigenvalue weighted by molar-refractivity contribution is -0.889. The Hall–Kier alpha value is -2.19. The number of aliphatic carboxylic acids is 1. The Bertz CT molecular complexity index is 1040. The van der Waals surface area contributed by atoms with E-state index in [1.165, 1.54) is 167 Å². The average molecular weight is 848 g/mol. The van der Waals surface area contributed by atoms with E-state index < -0.39 is 18.1 Å².